The van der Waals surface area contributed by atoms with Crippen LogP contribution >= 0.6 is 0 Å². The van der Waals surface area contributed by atoms with Gasteiger partial charge in [0.05, 0.1) is 17.7 Å². The molecular formula is C22H28N4O4. The molecule has 1 saturated carbocycles. The molecule has 4 amide bonds. The number of nitrogens with one attached hydrogen (secondary N) is 1. The number of nitrogens with zero attached hydrogens (tertiary/aromatic N) is 3. The standard InChI is InChI=1S/C22H28N4O4/c1-2-3-8-26-21(29)17-7-4-15(13-18(17)22(26)30)20(28)25-11-9-24(10-12-25)14-19(27)23-16-5-6-16/h4,7,13,16H,2-3,5-6,8-12,14H2,1H3,(H,23,27). The number of unbranched alkanes of at least 4 members (excludes halogenated alkanes) is 1. The highest BCUT2D eigenvalue weighted by atomic mass is 16.2. The molecule has 2 aliphatic heterocycles. The Hall–Kier alpha value is -2.74. The zero-order valence-corrected chi connectivity index (χ0v) is 17.4. The number of benzene rings is 1. The Bertz CT molecular complexity index is 872. The molecule has 3 aliphatic rings. The van der Waals surface area contributed by atoms with Gasteiger partial charge >= 0.3 is 0 Å². The zero-order chi connectivity index (χ0) is 21.3. The zero-order valence-electron chi connectivity index (χ0n) is 17.4. The molecule has 1 aromatic carbocycles. The van der Waals surface area contributed by atoms with Crippen molar-refractivity contribution >= 4 is 23.6 Å². The van der Waals surface area contributed by atoms with Crippen molar-refractivity contribution in [3.63, 3.8) is 0 Å². The summed E-state index contributed by atoms with van der Waals surface area (Å²) in [5.41, 5.74) is 1.11. The van der Waals surface area contributed by atoms with Gasteiger partial charge in [0.1, 0.15) is 0 Å². The Morgan fingerprint density at radius 2 is 1.73 bits per heavy atom. The number of carbonyl (C=O) groups is 4. The van der Waals surface area contributed by atoms with E-state index in [4.69, 9.17) is 0 Å². The maximum atomic E-state index is 12.9. The summed E-state index contributed by atoms with van der Waals surface area (Å²) >= 11 is 0. The van der Waals surface area contributed by atoms with Crippen LogP contribution in [0.1, 0.15) is 63.7 Å². The molecule has 0 bridgehead atoms. The molecule has 1 saturated heterocycles. The molecule has 160 valence electrons. The first kappa shape index (κ1) is 20.5. The van der Waals surface area contributed by atoms with E-state index in [1.165, 1.54) is 4.90 Å². The molecule has 1 N–H and O–H groups in total. The lowest BCUT2D eigenvalue weighted by atomic mass is 10.0. The van der Waals surface area contributed by atoms with E-state index in [1.807, 2.05) is 6.92 Å². The molecule has 30 heavy (non-hydrogen) atoms. The first-order valence-electron chi connectivity index (χ1n) is 10.8. The molecule has 0 aromatic heterocycles. The highest BCUT2D eigenvalue weighted by Gasteiger charge is 2.36. The average Bonchev–Trinajstić information content (AvgIpc) is 3.53. The first-order valence-corrected chi connectivity index (χ1v) is 10.8. The second-order valence-corrected chi connectivity index (χ2v) is 8.29. The maximum absolute atomic E-state index is 12.9. The van der Waals surface area contributed by atoms with Crippen LogP contribution in [0.3, 0.4) is 0 Å². The summed E-state index contributed by atoms with van der Waals surface area (Å²) in [5, 5.41) is 2.98. The molecule has 8 nitrogen and oxygen atoms in total. The van der Waals surface area contributed by atoms with Gasteiger partial charge in [0, 0.05) is 44.3 Å². The molecular weight excluding hydrogens is 384 g/mol. The SMILES string of the molecule is CCCCN1C(=O)c2ccc(C(=O)N3CCN(CC(=O)NC4CC4)CC3)cc2C1=O. The van der Waals surface area contributed by atoms with Gasteiger partial charge in [0.25, 0.3) is 17.7 Å². The monoisotopic (exact) mass is 412 g/mol. The summed E-state index contributed by atoms with van der Waals surface area (Å²) in [7, 11) is 0. The first-order chi connectivity index (χ1) is 14.5. The summed E-state index contributed by atoms with van der Waals surface area (Å²) in [6.45, 7) is 5.11. The fraction of sp³-hybridized carbons (Fsp3) is 0.545. The smallest absolute Gasteiger partial charge is 0.261 e. The van der Waals surface area contributed by atoms with E-state index in [-0.39, 0.29) is 23.6 Å². The lowest BCUT2D eigenvalue weighted by Gasteiger charge is -2.34. The minimum absolute atomic E-state index is 0.0479. The van der Waals surface area contributed by atoms with Crippen LogP contribution in [0.4, 0.5) is 0 Å². The van der Waals surface area contributed by atoms with Crippen LogP contribution in [0.2, 0.25) is 0 Å². The number of imide groups is 1. The number of hydrogen-bond acceptors (Lipinski definition) is 5. The molecule has 0 atom stereocenters. The lowest BCUT2D eigenvalue weighted by Crippen LogP contribution is -2.51. The van der Waals surface area contributed by atoms with E-state index in [9.17, 15) is 19.2 Å². The van der Waals surface area contributed by atoms with Gasteiger partial charge in [-0.1, -0.05) is 13.3 Å². The van der Waals surface area contributed by atoms with Crippen LogP contribution in [0.15, 0.2) is 18.2 Å². The number of rotatable bonds is 7. The van der Waals surface area contributed by atoms with Crippen molar-refractivity contribution in [2.75, 3.05) is 39.3 Å². The van der Waals surface area contributed by atoms with Crippen LogP contribution in [-0.2, 0) is 4.79 Å². The van der Waals surface area contributed by atoms with Gasteiger partial charge < -0.3 is 10.2 Å². The number of amides is 4. The fourth-order valence-corrected chi connectivity index (χ4v) is 3.94. The van der Waals surface area contributed by atoms with Crippen molar-refractivity contribution in [1.82, 2.24) is 20.0 Å². The van der Waals surface area contributed by atoms with Crippen LogP contribution in [-0.4, -0.2) is 83.6 Å². The Kier molecular flexibility index (Phi) is 5.85. The van der Waals surface area contributed by atoms with Gasteiger partial charge in [-0.05, 0) is 37.5 Å². The van der Waals surface area contributed by atoms with E-state index in [0.29, 0.717) is 62.0 Å². The molecule has 8 heteroatoms. The number of hydrogen-bond donors (Lipinski definition) is 1. The van der Waals surface area contributed by atoms with Crippen LogP contribution < -0.4 is 5.32 Å². The summed E-state index contributed by atoms with van der Waals surface area (Å²) in [6.07, 6.45) is 3.80. The van der Waals surface area contributed by atoms with Gasteiger partial charge in [-0.3, -0.25) is 29.0 Å². The minimum Gasteiger partial charge on any atom is -0.352 e. The van der Waals surface area contributed by atoms with E-state index < -0.39 is 0 Å². The molecule has 4 rings (SSSR count). The Morgan fingerprint density at radius 1 is 1.03 bits per heavy atom. The molecule has 1 aliphatic carbocycles. The predicted octanol–water partition coefficient (Wildman–Crippen LogP) is 1.12. The third-order valence-electron chi connectivity index (χ3n) is 5.92. The maximum Gasteiger partial charge on any atom is 0.261 e. The molecule has 2 fully saturated rings. The van der Waals surface area contributed by atoms with Crippen molar-refractivity contribution in [2.24, 2.45) is 0 Å². The Labute approximate surface area is 176 Å². The third kappa shape index (κ3) is 4.23. The normalized spacial score (nSPS) is 19.2. The quantitative estimate of drug-likeness (QED) is 0.678. The van der Waals surface area contributed by atoms with Crippen molar-refractivity contribution < 1.29 is 19.2 Å². The largest absolute Gasteiger partial charge is 0.352 e. The fourth-order valence-electron chi connectivity index (χ4n) is 3.94. The summed E-state index contributed by atoms with van der Waals surface area (Å²) in [6, 6.07) is 5.13. The Morgan fingerprint density at radius 3 is 2.40 bits per heavy atom. The van der Waals surface area contributed by atoms with Crippen molar-refractivity contribution in [3.8, 4) is 0 Å². The van der Waals surface area contributed by atoms with Crippen LogP contribution in [0.5, 0.6) is 0 Å². The number of piperazine rings is 1. The molecule has 0 radical (unpaired) electrons. The van der Waals surface area contributed by atoms with Crippen molar-refractivity contribution in [1.29, 1.82) is 0 Å². The topological polar surface area (TPSA) is 90.0 Å². The van der Waals surface area contributed by atoms with Gasteiger partial charge in [0.2, 0.25) is 5.91 Å². The average molecular weight is 412 g/mol. The minimum atomic E-state index is -0.315. The molecule has 1 aromatic rings. The Balaban J connectivity index is 1.36. The molecule has 0 spiro atoms. The van der Waals surface area contributed by atoms with Gasteiger partial charge in [-0.2, -0.15) is 0 Å². The predicted molar refractivity (Wildman–Crippen MR) is 110 cm³/mol. The molecule has 0 unspecified atom stereocenters. The number of fused-ring (bicyclic) bond motifs is 1. The second-order valence-electron chi connectivity index (χ2n) is 8.29. The number of carbonyl (C=O) groups excluding carboxylic acids is 4. The van der Waals surface area contributed by atoms with Crippen molar-refractivity contribution in [2.45, 2.75) is 38.6 Å². The lowest BCUT2D eigenvalue weighted by molar-refractivity contribution is -0.122. The van der Waals surface area contributed by atoms with Gasteiger partial charge in [-0.25, -0.2) is 0 Å². The summed E-state index contributed by atoms with van der Waals surface area (Å²) < 4.78 is 0. The highest BCUT2D eigenvalue weighted by molar-refractivity contribution is 6.22. The highest BCUT2D eigenvalue weighted by Crippen LogP contribution is 2.25. The third-order valence-corrected chi connectivity index (χ3v) is 5.92. The van der Waals surface area contributed by atoms with Gasteiger partial charge in [-0.15, -0.1) is 0 Å². The van der Waals surface area contributed by atoms with E-state index in [1.54, 1.807) is 23.1 Å². The summed E-state index contributed by atoms with van der Waals surface area (Å²) in [5.74, 6) is -0.691. The van der Waals surface area contributed by atoms with Gasteiger partial charge in [0.15, 0.2) is 0 Å². The summed E-state index contributed by atoms with van der Waals surface area (Å²) in [4.78, 5) is 55.1. The van der Waals surface area contributed by atoms with Crippen LogP contribution in [0.25, 0.3) is 0 Å². The second kappa shape index (κ2) is 8.55. The van der Waals surface area contributed by atoms with E-state index in [0.717, 1.165) is 25.7 Å². The van der Waals surface area contributed by atoms with Crippen molar-refractivity contribution in [3.05, 3.63) is 34.9 Å². The van der Waals surface area contributed by atoms with E-state index >= 15 is 0 Å². The molecule has 2 heterocycles. The van der Waals surface area contributed by atoms with Crippen LogP contribution in [0, 0.1) is 0 Å². The van der Waals surface area contributed by atoms with E-state index in [2.05, 4.69) is 10.2 Å².